The van der Waals surface area contributed by atoms with E-state index in [2.05, 4.69) is 20.4 Å². The van der Waals surface area contributed by atoms with Crippen molar-refractivity contribution in [2.45, 2.75) is 38.3 Å². The zero-order valence-electron chi connectivity index (χ0n) is 19.5. The number of likely N-dealkylation sites (tertiary alicyclic amines) is 1. The summed E-state index contributed by atoms with van der Waals surface area (Å²) in [4.78, 5) is 21.1. The van der Waals surface area contributed by atoms with Gasteiger partial charge in [0.25, 0.3) is 12.3 Å². The number of imidazole rings is 1. The molecule has 1 saturated heterocycles. The van der Waals surface area contributed by atoms with Crippen LogP contribution in [0.5, 0.6) is 5.88 Å². The SMILES string of the molecule is COc1nc(NC2CCN(C(C)=O)CC2(F)F)nn2ccc(-c3ccc4ncn(CC(F)F)c4c3)c12. The van der Waals surface area contributed by atoms with E-state index in [1.807, 2.05) is 0 Å². The third kappa shape index (κ3) is 4.29. The number of carbonyl (C=O) groups is 1. The molecule has 0 radical (unpaired) electrons. The zero-order valence-corrected chi connectivity index (χ0v) is 19.5. The molecule has 1 aliphatic rings. The molecule has 4 heterocycles. The number of hydrogen-bond acceptors (Lipinski definition) is 6. The van der Waals surface area contributed by atoms with Crippen LogP contribution < -0.4 is 10.1 Å². The maximum atomic E-state index is 14.7. The normalized spacial score (nSPS) is 17.8. The van der Waals surface area contributed by atoms with Gasteiger partial charge in [-0.3, -0.25) is 4.79 Å². The van der Waals surface area contributed by atoms with Gasteiger partial charge in [0, 0.05) is 25.2 Å². The second-order valence-corrected chi connectivity index (χ2v) is 8.65. The first kappa shape index (κ1) is 23.8. The van der Waals surface area contributed by atoms with Crippen LogP contribution in [0.1, 0.15) is 13.3 Å². The molecule has 1 unspecified atom stereocenters. The van der Waals surface area contributed by atoms with Gasteiger partial charge >= 0.3 is 0 Å². The Balaban J connectivity index is 1.48. The van der Waals surface area contributed by atoms with E-state index in [0.29, 0.717) is 27.7 Å². The molecule has 1 N–H and O–H groups in total. The zero-order chi connectivity index (χ0) is 25.6. The fraction of sp³-hybridized carbons (Fsp3) is 0.391. The van der Waals surface area contributed by atoms with Crippen molar-refractivity contribution < 1.29 is 27.1 Å². The van der Waals surface area contributed by atoms with Crippen LogP contribution in [0.2, 0.25) is 0 Å². The van der Waals surface area contributed by atoms with Crippen molar-refractivity contribution in [2.24, 2.45) is 0 Å². The summed E-state index contributed by atoms with van der Waals surface area (Å²) in [7, 11) is 1.41. The number of nitrogens with zero attached hydrogens (tertiary/aromatic N) is 6. The van der Waals surface area contributed by atoms with Crippen molar-refractivity contribution in [3.8, 4) is 17.0 Å². The monoisotopic (exact) mass is 505 g/mol. The lowest BCUT2D eigenvalue weighted by Crippen LogP contribution is -2.55. The number of piperidine rings is 1. The molecule has 1 fully saturated rings. The maximum absolute atomic E-state index is 14.7. The lowest BCUT2D eigenvalue weighted by atomic mass is 10.0. The maximum Gasteiger partial charge on any atom is 0.285 e. The van der Waals surface area contributed by atoms with Crippen LogP contribution in [-0.4, -0.2) is 73.5 Å². The van der Waals surface area contributed by atoms with Crippen molar-refractivity contribution in [2.75, 3.05) is 25.5 Å². The number of ether oxygens (including phenoxy) is 1. The number of methoxy groups -OCH3 is 1. The van der Waals surface area contributed by atoms with Gasteiger partial charge in [-0.15, -0.1) is 5.10 Å². The Morgan fingerprint density at radius 2 is 2.11 bits per heavy atom. The molecular formula is C23H23F4N7O2. The highest BCUT2D eigenvalue weighted by atomic mass is 19.3. The van der Waals surface area contributed by atoms with Gasteiger partial charge in [0.05, 0.1) is 43.6 Å². The second kappa shape index (κ2) is 8.95. The largest absolute Gasteiger partial charge is 0.479 e. The topological polar surface area (TPSA) is 89.6 Å². The molecule has 0 bridgehead atoms. The predicted molar refractivity (Wildman–Crippen MR) is 123 cm³/mol. The highest BCUT2D eigenvalue weighted by Crippen LogP contribution is 2.34. The summed E-state index contributed by atoms with van der Waals surface area (Å²) in [6.45, 7) is 0.297. The van der Waals surface area contributed by atoms with Gasteiger partial charge in [-0.05, 0) is 30.2 Å². The minimum atomic E-state index is -3.17. The van der Waals surface area contributed by atoms with Crippen molar-refractivity contribution in [3.05, 3.63) is 36.8 Å². The van der Waals surface area contributed by atoms with Crippen molar-refractivity contribution in [1.82, 2.24) is 29.0 Å². The van der Waals surface area contributed by atoms with E-state index in [9.17, 15) is 22.4 Å². The van der Waals surface area contributed by atoms with Crippen molar-refractivity contribution >= 4 is 28.4 Å². The highest BCUT2D eigenvalue weighted by Gasteiger charge is 2.45. The van der Waals surface area contributed by atoms with Crippen LogP contribution in [0.15, 0.2) is 36.8 Å². The first-order valence-corrected chi connectivity index (χ1v) is 11.2. The van der Waals surface area contributed by atoms with Gasteiger partial charge in [-0.25, -0.2) is 27.1 Å². The number of halogens is 4. The Bertz CT molecular complexity index is 1430. The van der Waals surface area contributed by atoms with Gasteiger partial charge in [0.1, 0.15) is 5.52 Å². The van der Waals surface area contributed by atoms with E-state index in [0.717, 1.165) is 4.90 Å². The first-order chi connectivity index (χ1) is 17.2. The highest BCUT2D eigenvalue weighted by molar-refractivity contribution is 5.89. The van der Waals surface area contributed by atoms with Gasteiger partial charge < -0.3 is 19.5 Å². The second-order valence-electron chi connectivity index (χ2n) is 8.65. The molecule has 0 saturated carbocycles. The molecule has 3 aromatic heterocycles. The van der Waals surface area contributed by atoms with E-state index >= 15 is 0 Å². The predicted octanol–water partition coefficient (Wildman–Crippen LogP) is 3.69. The number of anilines is 1. The van der Waals surface area contributed by atoms with Gasteiger partial charge in [0.2, 0.25) is 17.7 Å². The summed E-state index contributed by atoms with van der Waals surface area (Å²) in [6, 6.07) is 5.77. The molecule has 1 amide bonds. The quantitative estimate of drug-likeness (QED) is 0.402. The third-order valence-corrected chi connectivity index (χ3v) is 6.29. The average Bonchev–Trinajstić information content (AvgIpc) is 3.43. The number of aromatic nitrogens is 5. The summed E-state index contributed by atoms with van der Waals surface area (Å²) in [6.07, 6.45) is 0.510. The third-order valence-electron chi connectivity index (χ3n) is 6.29. The van der Waals surface area contributed by atoms with E-state index in [1.165, 1.54) is 29.4 Å². The number of fused-ring (bicyclic) bond motifs is 2. The summed E-state index contributed by atoms with van der Waals surface area (Å²) in [5, 5.41) is 7.04. The molecule has 5 rings (SSSR count). The molecular weight excluding hydrogens is 482 g/mol. The number of benzene rings is 1. The lowest BCUT2D eigenvalue weighted by molar-refractivity contribution is -0.140. The number of rotatable bonds is 6. The molecule has 190 valence electrons. The van der Waals surface area contributed by atoms with E-state index < -0.39 is 37.4 Å². The summed E-state index contributed by atoms with van der Waals surface area (Å²) in [5.74, 6) is -3.47. The Hall–Kier alpha value is -3.90. The number of nitrogens with one attached hydrogen (secondary N) is 1. The number of carbonyl (C=O) groups excluding carboxylic acids is 1. The number of alkyl halides is 4. The molecule has 1 aliphatic heterocycles. The Labute approximate surface area is 202 Å². The van der Waals surface area contributed by atoms with Crippen LogP contribution in [0, 0.1) is 0 Å². The molecule has 1 aromatic carbocycles. The number of amides is 1. The molecule has 36 heavy (non-hydrogen) atoms. The van der Waals surface area contributed by atoms with Gasteiger partial charge in [0.15, 0.2) is 0 Å². The average molecular weight is 505 g/mol. The van der Waals surface area contributed by atoms with Crippen LogP contribution >= 0.6 is 0 Å². The Morgan fingerprint density at radius 1 is 1.31 bits per heavy atom. The van der Waals surface area contributed by atoms with Gasteiger partial charge in [-0.1, -0.05) is 6.07 Å². The van der Waals surface area contributed by atoms with Crippen molar-refractivity contribution in [1.29, 1.82) is 0 Å². The van der Waals surface area contributed by atoms with E-state index in [4.69, 9.17) is 4.74 Å². The van der Waals surface area contributed by atoms with Crippen LogP contribution in [0.4, 0.5) is 23.5 Å². The van der Waals surface area contributed by atoms with Crippen LogP contribution in [0.3, 0.4) is 0 Å². The lowest BCUT2D eigenvalue weighted by Gasteiger charge is -2.38. The first-order valence-electron chi connectivity index (χ1n) is 11.2. The van der Waals surface area contributed by atoms with E-state index in [-0.39, 0.29) is 24.8 Å². The molecule has 0 spiro atoms. The smallest absolute Gasteiger partial charge is 0.285 e. The fourth-order valence-electron chi connectivity index (χ4n) is 4.49. The van der Waals surface area contributed by atoms with E-state index in [1.54, 1.807) is 30.5 Å². The molecule has 13 heteroatoms. The van der Waals surface area contributed by atoms with Crippen LogP contribution in [-0.2, 0) is 11.3 Å². The minimum Gasteiger partial charge on any atom is -0.479 e. The molecule has 0 aliphatic carbocycles. The fourth-order valence-corrected chi connectivity index (χ4v) is 4.49. The summed E-state index contributed by atoms with van der Waals surface area (Å²) < 4.78 is 63.6. The number of hydrogen-bond donors (Lipinski definition) is 1. The summed E-state index contributed by atoms with van der Waals surface area (Å²) in [5.41, 5.74) is 2.98. The standard InChI is InChI=1S/C23H23F4N7O2/c1-13(35)32-7-6-18(23(26,27)11-32)29-22-30-21(36-2)20-15(5-8-34(20)31-22)14-3-4-16-17(9-14)33(12-28-16)10-19(24)25/h3-5,8-9,12,18-19H,6-7,10-11H2,1-2H3,(H,29,31). The molecule has 9 nitrogen and oxygen atoms in total. The minimum absolute atomic E-state index is 0.0273. The Morgan fingerprint density at radius 3 is 2.81 bits per heavy atom. The van der Waals surface area contributed by atoms with Crippen molar-refractivity contribution in [3.63, 3.8) is 0 Å². The Kier molecular flexibility index (Phi) is 5.92. The molecule has 1 atom stereocenters. The van der Waals surface area contributed by atoms with Crippen LogP contribution in [0.25, 0.3) is 27.7 Å². The molecule has 4 aromatic rings. The van der Waals surface area contributed by atoms with Gasteiger partial charge in [-0.2, -0.15) is 4.98 Å². The summed E-state index contributed by atoms with van der Waals surface area (Å²) >= 11 is 0.